The summed E-state index contributed by atoms with van der Waals surface area (Å²) in [5.41, 5.74) is 0.738. The minimum absolute atomic E-state index is 0.00261. The third-order valence-corrected chi connectivity index (χ3v) is 11.6. The lowest BCUT2D eigenvalue weighted by molar-refractivity contribution is -0.197. The fraction of sp³-hybridized carbons (Fsp3) is 0.333. The minimum Gasteiger partial charge on any atom is -0.355 e. The fourth-order valence-electron chi connectivity index (χ4n) is 5.33. The van der Waals surface area contributed by atoms with Gasteiger partial charge in [0.1, 0.15) is 0 Å². The molecule has 4 aliphatic rings. The molecule has 0 atom stereocenters. The number of nitrogens with one attached hydrogen (secondary N) is 2. The van der Waals surface area contributed by atoms with Crippen molar-refractivity contribution in [3.63, 3.8) is 0 Å². The number of hydroxylamine groups is 8. The molecule has 2 aromatic rings. The molecule has 0 saturated carbocycles. The van der Waals surface area contributed by atoms with Gasteiger partial charge in [-0.1, -0.05) is 52.0 Å². The number of hydrogen-bond acceptors (Lipinski definition) is 20. The van der Waals surface area contributed by atoms with Crippen molar-refractivity contribution in [2.75, 3.05) is 21.6 Å². The molecule has 6 rings (SSSR count). The van der Waals surface area contributed by atoms with Crippen molar-refractivity contribution < 1.29 is 94.9 Å². The monoisotopic (exact) mass is 1190 g/mol. The number of hydrogen-bond donors (Lipinski definition) is 2. The summed E-state index contributed by atoms with van der Waals surface area (Å²) in [6.07, 6.45) is 0.545. The summed E-state index contributed by atoms with van der Waals surface area (Å²) in [6, 6.07) is 10.8. The highest BCUT2D eigenvalue weighted by molar-refractivity contribution is 14.1. The van der Waals surface area contributed by atoms with Crippen molar-refractivity contribution in [2.45, 2.75) is 76.0 Å². The molecule has 4 heterocycles. The molecule has 380 valence electrons. The first-order valence-electron chi connectivity index (χ1n) is 20.6. The molecule has 0 aliphatic carbocycles. The lowest BCUT2D eigenvalue weighted by atomic mass is 10.2. The predicted octanol–water partition coefficient (Wildman–Crippen LogP) is 1.60. The number of anilines is 1. The highest BCUT2D eigenvalue weighted by atomic mass is 127. The quantitative estimate of drug-likeness (QED) is 0.145. The van der Waals surface area contributed by atoms with E-state index < -0.39 is 81.0 Å². The maximum atomic E-state index is 11.8. The number of rotatable bonds is 15. The maximum absolute atomic E-state index is 11.8. The summed E-state index contributed by atoms with van der Waals surface area (Å²) in [5, 5.41) is 7.95. The Morgan fingerprint density at radius 3 is 1.28 bits per heavy atom. The minimum atomic E-state index is -3.59. The van der Waals surface area contributed by atoms with Crippen LogP contribution in [0.3, 0.4) is 0 Å². The molecule has 10 amide bonds. The molecule has 29 heteroatoms. The van der Waals surface area contributed by atoms with E-state index in [4.69, 9.17) is 9.68 Å². The zero-order chi connectivity index (χ0) is 53.0. The number of halogens is 2. The molecule has 0 spiro atoms. The van der Waals surface area contributed by atoms with Gasteiger partial charge in [0.05, 0.1) is 32.2 Å². The van der Waals surface area contributed by atoms with Crippen LogP contribution in [0.4, 0.5) is 5.69 Å². The van der Waals surface area contributed by atoms with Crippen LogP contribution in [-0.2, 0) is 86.7 Å². The van der Waals surface area contributed by atoms with Crippen molar-refractivity contribution in [3.05, 3.63) is 71.6 Å². The Morgan fingerprint density at radius 2 is 0.944 bits per heavy atom. The molecule has 0 aromatic heterocycles. The summed E-state index contributed by atoms with van der Waals surface area (Å²) in [6.45, 7) is 4.88. The average molecular weight is 1190 g/mol. The van der Waals surface area contributed by atoms with E-state index >= 15 is 0 Å². The van der Waals surface area contributed by atoms with Gasteiger partial charge in [0.25, 0.3) is 47.3 Å². The molecule has 0 unspecified atom stereocenters. The lowest BCUT2D eigenvalue weighted by Crippen LogP contribution is -2.34. The summed E-state index contributed by atoms with van der Waals surface area (Å²) in [5.74, 6) is -7.58. The highest BCUT2D eigenvalue weighted by Gasteiger charge is 2.36. The summed E-state index contributed by atoms with van der Waals surface area (Å²) < 4.78 is 23.4. The second-order valence-corrected chi connectivity index (χ2v) is 17.3. The van der Waals surface area contributed by atoms with Crippen LogP contribution >= 0.6 is 38.5 Å². The summed E-state index contributed by atoms with van der Waals surface area (Å²) in [7, 11) is -3.59. The standard InChI is InChI=1S/C13H11IN2O5.C13H11NO6S.C9H11BrN2O5.C7H9NO4/c14-7-10(17)15-9-3-1-8(2-4-9)13(20)21-16-11(18)5-6-12(16)19;1-2-21(18,19)10-5-3-9(4-6-10)13(17)20-14-11(15)7-8-12(14)16;10-5-6(13)11-4-3-9(16)17-12-7(14)1-2-8(12)15;1-2-7(11)12-8-5(9)3-4-6(8)10/h1-4H,5-7H2,(H,15,17);2-6H,1,7-8H2;1-5H2,(H,11,13);2-4H2,1H3. The Hall–Kier alpha value is -7.28. The van der Waals surface area contributed by atoms with Crippen LogP contribution in [0.25, 0.3) is 0 Å². The van der Waals surface area contributed by atoms with Crippen LogP contribution in [0.2, 0.25) is 0 Å². The van der Waals surface area contributed by atoms with Crippen molar-refractivity contribution in [3.8, 4) is 0 Å². The van der Waals surface area contributed by atoms with E-state index in [1.54, 1.807) is 6.92 Å². The van der Waals surface area contributed by atoms with Crippen LogP contribution in [0, 0.1) is 0 Å². The number of benzene rings is 2. The van der Waals surface area contributed by atoms with E-state index in [0.717, 1.165) is 5.41 Å². The number of sulfone groups is 1. The maximum Gasteiger partial charge on any atom is 0.363 e. The van der Waals surface area contributed by atoms with Crippen molar-refractivity contribution in [2.24, 2.45) is 0 Å². The van der Waals surface area contributed by atoms with Gasteiger partial charge in [-0.2, -0.15) is 0 Å². The van der Waals surface area contributed by atoms with Gasteiger partial charge in [-0.25, -0.2) is 27.6 Å². The molecule has 2 N–H and O–H groups in total. The molecule has 4 fully saturated rings. The largest absolute Gasteiger partial charge is 0.363 e. The van der Waals surface area contributed by atoms with Gasteiger partial charge in [0.2, 0.25) is 11.8 Å². The normalized spacial score (nSPS) is 15.1. The molecular weight excluding hydrogens is 1150 g/mol. The van der Waals surface area contributed by atoms with Crippen molar-refractivity contribution in [1.82, 2.24) is 25.6 Å². The Kier molecular flexibility index (Phi) is 22.7. The van der Waals surface area contributed by atoms with Crippen LogP contribution < -0.4 is 10.6 Å². The van der Waals surface area contributed by atoms with Gasteiger partial charge in [-0.3, -0.25) is 47.9 Å². The number of amides is 10. The Labute approximate surface area is 424 Å². The van der Waals surface area contributed by atoms with Gasteiger partial charge in [-0.05, 0) is 48.5 Å². The Morgan fingerprint density at radius 1 is 0.592 bits per heavy atom. The number of nitrogens with zero attached hydrogens (tertiary/aromatic N) is 4. The molecule has 4 aliphatic heterocycles. The van der Waals surface area contributed by atoms with Crippen molar-refractivity contribution in [1.29, 1.82) is 0 Å². The van der Waals surface area contributed by atoms with Crippen LogP contribution in [-0.4, -0.2) is 128 Å². The average Bonchev–Trinajstić information content (AvgIpc) is 4.07. The number of carbonyl (C=O) groups excluding carboxylic acids is 14. The number of carbonyl (C=O) groups is 14. The first-order valence-corrected chi connectivity index (χ1v) is 24.8. The molecule has 0 radical (unpaired) electrons. The third-order valence-electron chi connectivity index (χ3n) is 8.98. The van der Waals surface area contributed by atoms with Crippen LogP contribution in [0.15, 0.2) is 65.4 Å². The van der Waals surface area contributed by atoms with E-state index in [1.807, 2.05) is 22.6 Å². The Balaban J connectivity index is 0.000000255. The van der Waals surface area contributed by atoms with E-state index in [-0.39, 0.29) is 104 Å². The molecule has 71 heavy (non-hydrogen) atoms. The fourth-order valence-corrected chi connectivity index (χ4v) is 6.43. The van der Waals surface area contributed by atoms with Crippen LogP contribution in [0.1, 0.15) is 91.8 Å². The second kappa shape index (κ2) is 27.8. The van der Waals surface area contributed by atoms with Gasteiger partial charge in [0, 0.05) is 75.4 Å². The highest BCUT2D eigenvalue weighted by Crippen LogP contribution is 2.19. The SMILES string of the molecule is C=CS(=O)(=O)c1ccc(C(=O)ON2C(=O)CCC2=O)cc1.CCC(=O)ON1C(=O)CCC1=O.O=C(CBr)NCCC(=O)ON1C(=O)CCC1=O.O=C(CI)Nc1ccc(C(=O)ON2C(=O)CCC2=O)cc1. The first-order chi connectivity index (χ1) is 33.5. The molecule has 0 bridgehead atoms. The van der Waals surface area contributed by atoms with Gasteiger partial charge < -0.3 is 30.0 Å². The summed E-state index contributed by atoms with van der Waals surface area (Å²) >= 11 is 4.88. The molecule has 2 aromatic carbocycles. The second-order valence-electron chi connectivity index (χ2n) is 14.1. The lowest BCUT2D eigenvalue weighted by Gasteiger charge is -2.12. The van der Waals surface area contributed by atoms with Crippen molar-refractivity contribution >= 4 is 137 Å². The zero-order valence-electron chi connectivity index (χ0n) is 37.2. The molecule has 4 saturated heterocycles. The summed E-state index contributed by atoms with van der Waals surface area (Å²) in [4.78, 5) is 175. The molecular formula is C42H42BrIN6O20S. The van der Waals surface area contributed by atoms with Crippen LogP contribution in [0.5, 0.6) is 0 Å². The van der Waals surface area contributed by atoms with E-state index in [2.05, 4.69) is 42.8 Å². The van der Waals surface area contributed by atoms with Gasteiger partial charge >= 0.3 is 23.9 Å². The number of imide groups is 4. The van der Waals surface area contributed by atoms with E-state index in [1.165, 1.54) is 48.5 Å². The smallest absolute Gasteiger partial charge is 0.355 e. The predicted molar refractivity (Wildman–Crippen MR) is 247 cm³/mol. The van der Waals surface area contributed by atoms with Gasteiger partial charge in [-0.15, -0.1) is 20.3 Å². The zero-order valence-corrected chi connectivity index (χ0v) is 41.8. The Bertz CT molecular complexity index is 2530. The van der Waals surface area contributed by atoms with Gasteiger partial charge in [0.15, 0.2) is 9.84 Å². The van der Waals surface area contributed by atoms with E-state index in [0.29, 0.717) is 30.4 Å². The first kappa shape index (κ1) is 58.0. The third kappa shape index (κ3) is 17.9. The van der Waals surface area contributed by atoms with E-state index in [9.17, 15) is 75.5 Å². The number of alkyl halides is 2. The molecule has 26 nitrogen and oxygen atoms in total. The topological polar surface area (TPSA) is 347 Å².